The zero-order valence-corrected chi connectivity index (χ0v) is 18.4. The predicted molar refractivity (Wildman–Crippen MR) is 122 cm³/mol. The number of aliphatic imine (C=N–C) groups is 1. The van der Waals surface area contributed by atoms with Crippen molar-refractivity contribution in [2.24, 2.45) is 10.7 Å². The van der Waals surface area contributed by atoms with Gasteiger partial charge >= 0.3 is 5.97 Å². The number of nitrogens with one attached hydrogen (secondary N) is 1. The number of esters is 1. The van der Waals surface area contributed by atoms with Gasteiger partial charge in [0.25, 0.3) is 5.91 Å². The van der Waals surface area contributed by atoms with Gasteiger partial charge in [0.15, 0.2) is 6.10 Å². The summed E-state index contributed by atoms with van der Waals surface area (Å²) in [7, 11) is 1.26. The third kappa shape index (κ3) is 5.54. The Morgan fingerprint density at radius 3 is 2.79 bits per heavy atom. The third-order valence-electron chi connectivity index (χ3n) is 5.24. The van der Waals surface area contributed by atoms with Crippen LogP contribution in [0.1, 0.15) is 28.4 Å². The molecule has 0 radical (unpaired) electrons. The zero-order chi connectivity index (χ0) is 24.0. The highest BCUT2D eigenvalue weighted by Gasteiger charge is 2.24. The van der Waals surface area contributed by atoms with Crippen molar-refractivity contribution in [2.75, 3.05) is 30.5 Å². The summed E-state index contributed by atoms with van der Waals surface area (Å²) >= 11 is 0. The number of para-hydroxylation sites is 1. The van der Waals surface area contributed by atoms with Gasteiger partial charge in [-0.25, -0.2) is 4.79 Å². The molecule has 0 saturated carbocycles. The van der Waals surface area contributed by atoms with Crippen LogP contribution in [0.4, 0.5) is 11.4 Å². The second kappa shape index (κ2) is 10.7. The number of methoxy groups -OCH3 is 1. The number of carbonyl (C=O) groups excluding carboxylic acids is 3. The van der Waals surface area contributed by atoms with E-state index in [1.807, 2.05) is 0 Å². The smallest absolute Gasteiger partial charge is 0.339 e. The Bertz CT molecular complexity index is 1070. The first-order chi connectivity index (χ1) is 15.8. The molecule has 33 heavy (non-hydrogen) atoms. The fraction of sp³-hybridized carbons (Fsp3) is 0.304. The number of carbonyl (C=O) groups is 3. The average Bonchev–Trinajstić information content (AvgIpc) is 3.20. The lowest BCUT2D eigenvalue weighted by atomic mass is 10.1. The van der Waals surface area contributed by atoms with Gasteiger partial charge < -0.3 is 30.5 Å². The number of anilines is 2. The van der Waals surface area contributed by atoms with Crippen LogP contribution in [0.3, 0.4) is 0 Å². The van der Waals surface area contributed by atoms with Crippen LogP contribution in [0.15, 0.2) is 47.5 Å². The first kappa shape index (κ1) is 23.9. The molecule has 0 fully saturated rings. The van der Waals surface area contributed by atoms with E-state index in [9.17, 15) is 19.5 Å². The number of amides is 2. The van der Waals surface area contributed by atoms with E-state index in [0.717, 1.165) is 11.1 Å². The van der Waals surface area contributed by atoms with Gasteiger partial charge in [-0.3, -0.25) is 14.6 Å². The summed E-state index contributed by atoms with van der Waals surface area (Å²) in [6, 6.07) is 11.7. The molecule has 2 aromatic rings. The van der Waals surface area contributed by atoms with Crippen LogP contribution in [-0.2, 0) is 25.6 Å². The second-order valence-corrected chi connectivity index (χ2v) is 7.39. The summed E-state index contributed by atoms with van der Waals surface area (Å²) in [5, 5.41) is 13.0. The van der Waals surface area contributed by atoms with E-state index in [2.05, 4.69) is 10.3 Å². The fourth-order valence-electron chi connectivity index (χ4n) is 3.40. The normalized spacial score (nSPS) is 14.0. The maximum Gasteiger partial charge on any atom is 0.339 e. The molecule has 2 aromatic carbocycles. The van der Waals surface area contributed by atoms with Gasteiger partial charge in [-0.2, -0.15) is 0 Å². The monoisotopic (exact) mass is 454 g/mol. The maximum absolute atomic E-state index is 12.4. The van der Waals surface area contributed by atoms with Crippen molar-refractivity contribution in [3.63, 3.8) is 0 Å². The number of nitrogens with two attached hydrogens (primary N) is 1. The largest absolute Gasteiger partial charge is 0.465 e. The highest BCUT2D eigenvalue weighted by Crippen LogP contribution is 2.22. The summed E-state index contributed by atoms with van der Waals surface area (Å²) < 4.78 is 10.3. The van der Waals surface area contributed by atoms with Crippen molar-refractivity contribution in [3.05, 3.63) is 59.2 Å². The molecule has 4 N–H and O–H groups in total. The van der Waals surface area contributed by atoms with E-state index in [4.69, 9.17) is 15.2 Å². The van der Waals surface area contributed by atoms with Crippen molar-refractivity contribution in [2.45, 2.75) is 25.7 Å². The van der Waals surface area contributed by atoms with Crippen LogP contribution >= 0.6 is 0 Å². The van der Waals surface area contributed by atoms with Gasteiger partial charge in [-0.05, 0) is 42.8 Å². The summed E-state index contributed by atoms with van der Waals surface area (Å²) in [5.41, 5.74) is 8.64. The number of rotatable bonds is 10. The molecule has 1 heterocycles. The Morgan fingerprint density at radius 2 is 2.06 bits per heavy atom. The van der Waals surface area contributed by atoms with Crippen molar-refractivity contribution < 1.29 is 29.0 Å². The van der Waals surface area contributed by atoms with Gasteiger partial charge in [0, 0.05) is 17.8 Å². The Labute approximate surface area is 191 Å². The molecular formula is C23H26N4O6. The van der Waals surface area contributed by atoms with E-state index in [-0.39, 0.29) is 18.7 Å². The van der Waals surface area contributed by atoms with Crippen LogP contribution in [0.25, 0.3) is 0 Å². The minimum atomic E-state index is -1.44. The van der Waals surface area contributed by atoms with Gasteiger partial charge in [-0.1, -0.05) is 12.1 Å². The number of hydrogen-bond donors (Lipinski definition) is 3. The number of benzene rings is 2. The van der Waals surface area contributed by atoms with Crippen LogP contribution in [0.5, 0.6) is 0 Å². The van der Waals surface area contributed by atoms with Crippen molar-refractivity contribution in [1.29, 1.82) is 0 Å². The molecule has 2 amide bonds. The molecule has 0 aliphatic carbocycles. The second-order valence-electron chi connectivity index (χ2n) is 7.39. The van der Waals surface area contributed by atoms with E-state index in [1.54, 1.807) is 49.4 Å². The van der Waals surface area contributed by atoms with E-state index < -0.39 is 24.1 Å². The molecule has 1 aliphatic heterocycles. The topological polar surface area (TPSA) is 144 Å². The number of aliphatic hydroxyl groups is 1. The molecule has 0 spiro atoms. The maximum atomic E-state index is 12.4. The first-order valence-corrected chi connectivity index (χ1v) is 10.3. The number of aliphatic hydroxyl groups excluding tert-OH is 1. The van der Waals surface area contributed by atoms with Crippen LogP contribution in [-0.4, -0.2) is 61.7 Å². The molecule has 1 aliphatic rings. The van der Waals surface area contributed by atoms with Crippen LogP contribution in [0, 0.1) is 0 Å². The summed E-state index contributed by atoms with van der Waals surface area (Å²) in [5.74, 6) is -0.735. The summed E-state index contributed by atoms with van der Waals surface area (Å²) in [6.45, 7) is 2.12. The van der Waals surface area contributed by atoms with Crippen molar-refractivity contribution in [1.82, 2.24) is 0 Å². The summed E-state index contributed by atoms with van der Waals surface area (Å²) in [4.78, 5) is 41.4. The first-order valence-electron chi connectivity index (χ1n) is 10.3. The standard InChI is InChI=1S/C23H26N4O6/c1-14(20(29)22(30)26-16-7-8-17-15(11-16)12-25-21(17)24)33-10-9-27(13-28)19-6-4-3-5-18(19)23(31)32-2/h3-8,11,13-14,20,29H,9-10,12H2,1-2H3,(H2,24,25)(H,26,30). The van der Waals surface area contributed by atoms with Gasteiger partial charge in [0.1, 0.15) is 5.84 Å². The lowest BCUT2D eigenvalue weighted by Crippen LogP contribution is -2.39. The Balaban J connectivity index is 1.54. The molecule has 3 rings (SSSR count). The van der Waals surface area contributed by atoms with E-state index in [1.165, 1.54) is 12.0 Å². The number of amidine groups is 1. The molecule has 0 saturated heterocycles. The molecule has 0 bridgehead atoms. The van der Waals surface area contributed by atoms with Gasteiger partial charge in [0.2, 0.25) is 6.41 Å². The number of hydrogen-bond acceptors (Lipinski definition) is 8. The highest BCUT2D eigenvalue weighted by atomic mass is 16.5. The van der Waals surface area contributed by atoms with E-state index >= 15 is 0 Å². The average molecular weight is 454 g/mol. The number of ether oxygens (including phenoxy) is 2. The predicted octanol–water partition coefficient (Wildman–Crippen LogP) is 1.06. The quantitative estimate of drug-likeness (QED) is 0.360. The molecule has 0 aromatic heterocycles. The lowest BCUT2D eigenvalue weighted by Gasteiger charge is -2.23. The van der Waals surface area contributed by atoms with Crippen molar-refractivity contribution >= 4 is 35.5 Å². The molecule has 10 heteroatoms. The molecule has 2 unspecified atom stereocenters. The Morgan fingerprint density at radius 1 is 1.30 bits per heavy atom. The molecule has 10 nitrogen and oxygen atoms in total. The number of nitrogens with zero attached hydrogens (tertiary/aromatic N) is 2. The Kier molecular flexibility index (Phi) is 7.75. The summed E-state index contributed by atoms with van der Waals surface area (Å²) in [6.07, 6.45) is -1.71. The molecule has 174 valence electrons. The molecule has 2 atom stereocenters. The SMILES string of the molecule is COC(=O)c1ccccc1N(C=O)CCOC(C)C(O)C(=O)Nc1ccc2c(c1)CN=C2N. The minimum Gasteiger partial charge on any atom is -0.465 e. The van der Waals surface area contributed by atoms with Crippen LogP contribution < -0.4 is 16.0 Å². The van der Waals surface area contributed by atoms with Crippen LogP contribution in [0.2, 0.25) is 0 Å². The third-order valence-corrected chi connectivity index (χ3v) is 5.24. The Hall–Kier alpha value is -3.76. The van der Waals surface area contributed by atoms with Gasteiger partial charge in [0.05, 0.1) is 37.6 Å². The van der Waals surface area contributed by atoms with Gasteiger partial charge in [-0.15, -0.1) is 0 Å². The molecular weight excluding hydrogens is 428 g/mol. The minimum absolute atomic E-state index is 0.0230. The zero-order valence-electron chi connectivity index (χ0n) is 18.4. The lowest BCUT2D eigenvalue weighted by molar-refractivity contribution is -0.131. The van der Waals surface area contributed by atoms with E-state index in [0.29, 0.717) is 30.2 Å². The number of fused-ring (bicyclic) bond motifs is 1. The van der Waals surface area contributed by atoms with Crippen molar-refractivity contribution in [3.8, 4) is 0 Å². The fourth-order valence-corrected chi connectivity index (χ4v) is 3.40. The highest BCUT2D eigenvalue weighted by molar-refractivity contribution is 6.02.